The monoisotopic (exact) mass is 195 g/mol. The second kappa shape index (κ2) is 6.83. The number of allylic oxidation sites excluding steroid dienone is 1. The zero-order chi connectivity index (χ0) is 11.1. The van der Waals surface area contributed by atoms with E-state index in [9.17, 15) is 0 Å². The zero-order valence-electron chi connectivity index (χ0n) is 9.97. The van der Waals surface area contributed by atoms with E-state index in [1.165, 1.54) is 17.6 Å². The summed E-state index contributed by atoms with van der Waals surface area (Å²) in [6.07, 6.45) is 4.27. The van der Waals surface area contributed by atoms with Crippen LogP contribution >= 0.6 is 0 Å². The Labute approximate surface area is 89.1 Å². The number of hydrogen-bond acceptors (Lipinski definition) is 1. The number of nitrogens with two attached hydrogens (primary N) is 1. The molecule has 0 saturated heterocycles. The van der Waals surface area contributed by atoms with E-state index in [1.54, 1.807) is 0 Å². The van der Waals surface area contributed by atoms with Crippen molar-refractivity contribution in [3.05, 3.63) is 24.3 Å². The molecule has 0 fully saturated rings. The van der Waals surface area contributed by atoms with Gasteiger partial charge in [0.05, 0.1) is 0 Å². The second-order valence-electron chi connectivity index (χ2n) is 4.69. The molecule has 1 unspecified atom stereocenters. The Balaban J connectivity index is 3.70. The average molecular weight is 195 g/mol. The van der Waals surface area contributed by atoms with Crippen LogP contribution in [0.5, 0.6) is 0 Å². The third-order valence-corrected chi connectivity index (χ3v) is 2.45. The molecule has 0 heterocycles. The highest BCUT2D eigenvalue weighted by Gasteiger charge is 2.07. The van der Waals surface area contributed by atoms with Crippen LogP contribution in [0.15, 0.2) is 24.3 Å². The van der Waals surface area contributed by atoms with Gasteiger partial charge in [0, 0.05) is 6.04 Å². The molecule has 0 rings (SSSR count). The predicted molar refractivity (Wildman–Crippen MR) is 65.2 cm³/mol. The fraction of sp³-hybridized carbons (Fsp3) is 0.692. The molecule has 0 radical (unpaired) electrons. The summed E-state index contributed by atoms with van der Waals surface area (Å²) in [5.41, 5.74) is 8.41. The van der Waals surface area contributed by atoms with Crippen LogP contribution < -0.4 is 5.73 Å². The maximum Gasteiger partial charge on any atom is 0.0253 e. The molecule has 0 spiro atoms. The molecular formula is C13H25N. The third-order valence-electron chi connectivity index (χ3n) is 2.45. The van der Waals surface area contributed by atoms with Crippen LogP contribution in [0.3, 0.4) is 0 Å². The minimum absolute atomic E-state index is 0.158. The number of hydrogen-bond donors (Lipinski definition) is 1. The van der Waals surface area contributed by atoms with E-state index in [4.69, 9.17) is 5.73 Å². The smallest absolute Gasteiger partial charge is 0.0253 e. The van der Waals surface area contributed by atoms with Crippen LogP contribution in [0, 0.1) is 5.92 Å². The predicted octanol–water partition coefficient (Wildman–Crippen LogP) is 3.66. The summed E-state index contributed by atoms with van der Waals surface area (Å²) in [6.45, 7) is 14.4. The van der Waals surface area contributed by atoms with E-state index in [2.05, 4.69) is 27.0 Å². The molecule has 14 heavy (non-hydrogen) atoms. The van der Waals surface area contributed by atoms with Gasteiger partial charge < -0.3 is 5.73 Å². The van der Waals surface area contributed by atoms with Gasteiger partial charge in [-0.2, -0.15) is 0 Å². The van der Waals surface area contributed by atoms with E-state index < -0.39 is 0 Å². The highest BCUT2D eigenvalue weighted by Crippen LogP contribution is 2.16. The first-order chi connectivity index (χ1) is 6.43. The van der Waals surface area contributed by atoms with Crippen LogP contribution in [0.25, 0.3) is 0 Å². The maximum atomic E-state index is 6.01. The van der Waals surface area contributed by atoms with Gasteiger partial charge in [0.15, 0.2) is 0 Å². The van der Waals surface area contributed by atoms with Crippen molar-refractivity contribution in [2.24, 2.45) is 11.7 Å². The lowest BCUT2D eigenvalue weighted by Gasteiger charge is -2.15. The lowest BCUT2D eigenvalue weighted by Crippen LogP contribution is -2.22. The molecule has 1 heteroatoms. The first-order valence-corrected chi connectivity index (χ1v) is 5.51. The summed E-state index contributed by atoms with van der Waals surface area (Å²) in [7, 11) is 0. The largest absolute Gasteiger partial charge is 0.324 e. The molecule has 0 aromatic carbocycles. The topological polar surface area (TPSA) is 26.0 Å². The lowest BCUT2D eigenvalue weighted by atomic mass is 9.95. The Morgan fingerprint density at radius 1 is 1.14 bits per heavy atom. The van der Waals surface area contributed by atoms with Crippen LogP contribution in [0.4, 0.5) is 0 Å². The summed E-state index contributed by atoms with van der Waals surface area (Å²) in [4.78, 5) is 0. The molecule has 2 N–H and O–H groups in total. The van der Waals surface area contributed by atoms with Crippen molar-refractivity contribution in [3.63, 3.8) is 0 Å². The van der Waals surface area contributed by atoms with Gasteiger partial charge in [0.1, 0.15) is 0 Å². The molecule has 82 valence electrons. The van der Waals surface area contributed by atoms with E-state index in [0.717, 1.165) is 25.2 Å². The first kappa shape index (κ1) is 13.4. The van der Waals surface area contributed by atoms with Crippen molar-refractivity contribution < 1.29 is 0 Å². The van der Waals surface area contributed by atoms with E-state index in [0.29, 0.717) is 0 Å². The van der Waals surface area contributed by atoms with Crippen LogP contribution in [0.1, 0.15) is 46.5 Å². The van der Waals surface area contributed by atoms with Crippen molar-refractivity contribution in [2.45, 2.75) is 52.5 Å². The molecule has 0 amide bonds. The van der Waals surface area contributed by atoms with E-state index in [-0.39, 0.29) is 6.04 Å². The van der Waals surface area contributed by atoms with E-state index in [1.807, 2.05) is 6.92 Å². The normalized spacial score (nSPS) is 12.9. The molecule has 1 atom stereocenters. The minimum Gasteiger partial charge on any atom is -0.324 e. The summed E-state index contributed by atoms with van der Waals surface area (Å²) in [5, 5.41) is 0. The van der Waals surface area contributed by atoms with Gasteiger partial charge in [0.2, 0.25) is 0 Å². The SMILES string of the molecule is C=C(C)CCC(N)C(=C)CCC(C)C. The standard InChI is InChI=1S/C13H25N/c1-10(2)6-8-12(5)13(14)9-7-11(3)4/h10,13H,3,5-9,14H2,1-2,4H3. The summed E-state index contributed by atoms with van der Waals surface area (Å²) in [6, 6.07) is 0.158. The van der Waals surface area contributed by atoms with Crippen LogP contribution in [0.2, 0.25) is 0 Å². The van der Waals surface area contributed by atoms with Gasteiger partial charge in [-0.3, -0.25) is 0 Å². The molecule has 0 bridgehead atoms. The molecule has 1 nitrogen and oxygen atoms in total. The molecule has 0 aromatic rings. The molecule has 0 saturated carbocycles. The quantitative estimate of drug-likeness (QED) is 0.616. The maximum absolute atomic E-state index is 6.01. The minimum atomic E-state index is 0.158. The van der Waals surface area contributed by atoms with E-state index >= 15 is 0 Å². The summed E-state index contributed by atoms with van der Waals surface area (Å²) >= 11 is 0. The van der Waals surface area contributed by atoms with Crippen molar-refractivity contribution >= 4 is 0 Å². The number of rotatable bonds is 7. The zero-order valence-corrected chi connectivity index (χ0v) is 9.97. The van der Waals surface area contributed by atoms with Crippen LogP contribution in [-0.2, 0) is 0 Å². The first-order valence-electron chi connectivity index (χ1n) is 5.51. The van der Waals surface area contributed by atoms with Crippen molar-refractivity contribution in [3.8, 4) is 0 Å². The molecule has 0 aliphatic carbocycles. The van der Waals surface area contributed by atoms with Crippen molar-refractivity contribution in [1.29, 1.82) is 0 Å². The fourth-order valence-electron chi connectivity index (χ4n) is 1.27. The highest BCUT2D eigenvalue weighted by atomic mass is 14.6. The van der Waals surface area contributed by atoms with Gasteiger partial charge in [0.25, 0.3) is 0 Å². The van der Waals surface area contributed by atoms with Crippen LogP contribution in [-0.4, -0.2) is 6.04 Å². The molecule has 0 aromatic heterocycles. The molecule has 0 aliphatic rings. The van der Waals surface area contributed by atoms with Gasteiger partial charge in [-0.05, 0) is 38.5 Å². The van der Waals surface area contributed by atoms with Gasteiger partial charge in [-0.25, -0.2) is 0 Å². The van der Waals surface area contributed by atoms with Gasteiger partial charge in [-0.15, -0.1) is 6.58 Å². The second-order valence-corrected chi connectivity index (χ2v) is 4.69. The van der Waals surface area contributed by atoms with Gasteiger partial charge in [-0.1, -0.05) is 31.6 Å². The Bertz CT molecular complexity index is 191. The summed E-state index contributed by atoms with van der Waals surface area (Å²) in [5.74, 6) is 0.736. The van der Waals surface area contributed by atoms with Crippen molar-refractivity contribution in [2.75, 3.05) is 0 Å². The molecule has 0 aliphatic heterocycles. The van der Waals surface area contributed by atoms with Gasteiger partial charge >= 0.3 is 0 Å². The van der Waals surface area contributed by atoms with Crippen molar-refractivity contribution in [1.82, 2.24) is 0 Å². The highest BCUT2D eigenvalue weighted by molar-refractivity contribution is 5.05. The Morgan fingerprint density at radius 3 is 2.14 bits per heavy atom. The average Bonchev–Trinajstić information content (AvgIpc) is 2.09. The Kier molecular flexibility index (Phi) is 6.56. The Morgan fingerprint density at radius 2 is 1.71 bits per heavy atom. The lowest BCUT2D eigenvalue weighted by molar-refractivity contribution is 0.558. The fourth-order valence-corrected chi connectivity index (χ4v) is 1.27. The third kappa shape index (κ3) is 6.90. The Hall–Kier alpha value is -0.560. The summed E-state index contributed by atoms with van der Waals surface area (Å²) < 4.78 is 0. The molecular weight excluding hydrogens is 170 g/mol.